The zero-order valence-electron chi connectivity index (χ0n) is 8.51. The van der Waals surface area contributed by atoms with Gasteiger partial charge in [0.25, 0.3) is 5.91 Å². The number of pyridine rings is 1. The van der Waals surface area contributed by atoms with Gasteiger partial charge in [0.05, 0.1) is 5.00 Å². The van der Waals surface area contributed by atoms with Crippen LogP contribution >= 0.6 is 11.3 Å². The quantitative estimate of drug-likeness (QED) is 0.850. The van der Waals surface area contributed by atoms with Gasteiger partial charge in [-0.05, 0) is 29.1 Å². The average Bonchev–Trinajstić information content (AvgIpc) is 2.82. The van der Waals surface area contributed by atoms with Crippen LogP contribution < -0.4 is 11.1 Å². The van der Waals surface area contributed by atoms with E-state index in [2.05, 4.69) is 10.3 Å². The van der Waals surface area contributed by atoms with Crippen LogP contribution in [-0.4, -0.2) is 10.9 Å². The molecule has 1 amide bonds. The van der Waals surface area contributed by atoms with Gasteiger partial charge in [0.2, 0.25) is 0 Å². The molecule has 0 aliphatic rings. The first kappa shape index (κ1) is 10.8. The van der Waals surface area contributed by atoms with Crippen molar-refractivity contribution >= 4 is 22.2 Å². The number of hydrogen-bond acceptors (Lipinski definition) is 4. The maximum absolute atomic E-state index is 11.7. The normalized spacial score (nSPS) is 10.1. The lowest BCUT2D eigenvalue weighted by molar-refractivity contribution is 0.102. The zero-order valence-corrected chi connectivity index (χ0v) is 9.33. The van der Waals surface area contributed by atoms with Crippen LogP contribution in [0.2, 0.25) is 0 Å². The number of amides is 1. The number of carbonyl (C=O) groups is 1. The van der Waals surface area contributed by atoms with E-state index in [1.807, 2.05) is 17.5 Å². The Bertz CT molecular complexity index is 464. The molecule has 0 radical (unpaired) electrons. The molecule has 0 saturated heterocycles. The smallest absolute Gasteiger partial charge is 0.274 e. The molecule has 2 heterocycles. The second-order valence-corrected chi connectivity index (χ2v) is 4.13. The Balaban J connectivity index is 2.09. The van der Waals surface area contributed by atoms with Crippen molar-refractivity contribution in [2.45, 2.75) is 6.54 Å². The number of hydrogen-bond donors (Lipinski definition) is 2. The van der Waals surface area contributed by atoms with Gasteiger partial charge in [-0.1, -0.05) is 6.07 Å². The fourth-order valence-electron chi connectivity index (χ4n) is 1.21. The molecule has 0 fully saturated rings. The van der Waals surface area contributed by atoms with Crippen molar-refractivity contribution in [2.75, 3.05) is 5.32 Å². The molecular formula is C11H11N3OS. The lowest BCUT2D eigenvalue weighted by atomic mass is 10.2. The summed E-state index contributed by atoms with van der Waals surface area (Å²) < 4.78 is 0. The molecule has 3 N–H and O–H groups in total. The number of anilines is 1. The van der Waals surface area contributed by atoms with Gasteiger partial charge in [0, 0.05) is 12.7 Å². The van der Waals surface area contributed by atoms with Crippen LogP contribution in [0.1, 0.15) is 16.1 Å². The van der Waals surface area contributed by atoms with Gasteiger partial charge >= 0.3 is 0 Å². The first-order valence-electron chi connectivity index (χ1n) is 4.79. The first-order chi connectivity index (χ1) is 7.79. The first-order valence-corrected chi connectivity index (χ1v) is 5.67. The minimum atomic E-state index is -0.203. The van der Waals surface area contributed by atoms with E-state index in [-0.39, 0.29) is 5.91 Å². The van der Waals surface area contributed by atoms with Crippen LogP contribution in [0.15, 0.2) is 35.8 Å². The van der Waals surface area contributed by atoms with Gasteiger partial charge in [0.15, 0.2) is 0 Å². The van der Waals surface area contributed by atoms with Gasteiger partial charge in [-0.25, -0.2) is 0 Å². The monoisotopic (exact) mass is 233 g/mol. The van der Waals surface area contributed by atoms with Crippen LogP contribution in [0.25, 0.3) is 0 Å². The summed E-state index contributed by atoms with van der Waals surface area (Å²) in [5.74, 6) is -0.203. The fraction of sp³-hybridized carbons (Fsp3) is 0.0909. The maximum Gasteiger partial charge on any atom is 0.274 e. The molecule has 0 atom stereocenters. The molecule has 2 aromatic heterocycles. The van der Waals surface area contributed by atoms with Crippen LogP contribution in [-0.2, 0) is 6.54 Å². The van der Waals surface area contributed by atoms with E-state index in [1.165, 1.54) is 11.3 Å². The predicted molar refractivity (Wildman–Crippen MR) is 64.4 cm³/mol. The van der Waals surface area contributed by atoms with E-state index < -0.39 is 0 Å². The molecule has 0 saturated carbocycles. The summed E-state index contributed by atoms with van der Waals surface area (Å²) >= 11 is 1.47. The van der Waals surface area contributed by atoms with Crippen molar-refractivity contribution in [1.29, 1.82) is 0 Å². The van der Waals surface area contributed by atoms with E-state index in [9.17, 15) is 4.79 Å². The number of nitrogens with one attached hydrogen (secondary N) is 1. The Kier molecular flexibility index (Phi) is 3.28. The summed E-state index contributed by atoms with van der Waals surface area (Å²) in [6.07, 6.45) is 1.61. The molecule has 5 heteroatoms. The van der Waals surface area contributed by atoms with Gasteiger partial charge in [-0.15, -0.1) is 11.3 Å². The highest BCUT2D eigenvalue weighted by Crippen LogP contribution is 2.15. The largest absolute Gasteiger partial charge is 0.326 e. The molecular weight excluding hydrogens is 222 g/mol. The number of aromatic nitrogens is 1. The summed E-state index contributed by atoms with van der Waals surface area (Å²) in [7, 11) is 0. The molecule has 0 aliphatic heterocycles. The van der Waals surface area contributed by atoms with Crippen LogP contribution in [0, 0.1) is 0 Å². The molecule has 0 aliphatic carbocycles. The predicted octanol–water partition coefficient (Wildman–Crippen LogP) is 1.85. The lowest BCUT2D eigenvalue weighted by Gasteiger charge is -2.02. The Hall–Kier alpha value is -1.72. The zero-order chi connectivity index (χ0) is 11.4. The summed E-state index contributed by atoms with van der Waals surface area (Å²) in [4.78, 5) is 15.8. The van der Waals surface area contributed by atoms with Gasteiger partial charge < -0.3 is 11.1 Å². The minimum absolute atomic E-state index is 0.203. The average molecular weight is 233 g/mol. The summed E-state index contributed by atoms with van der Waals surface area (Å²) in [5, 5.41) is 5.48. The van der Waals surface area contributed by atoms with E-state index in [0.29, 0.717) is 12.2 Å². The van der Waals surface area contributed by atoms with E-state index in [0.717, 1.165) is 10.6 Å². The summed E-state index contributed by atoms with van der Waals surface area (Å²) in [6, 6.07) is 7.20. The highest BCUT2D eigenvalue weighted by atomic mass is 32.1. The molecule has 0 aromatic carbocycles. The van der Waals surface area contributed by atoms with E-state index in [4.69, 9.17) is 5.73 Å². The van der Waals surface area contributed by atoms with Crippen molar-refractivity contribution in [3.8, 4) is 0 Å². The molecule has 82 valence electrons. The Morgan fingerprint density at radius 1 is 1.44 bits per heavy atom. The van der Waals surface area contributed by atoms with Crippen molar-refractivity contribution in [1.82, 2.24) is 4.98 Å². The van der Waals surface area contributed by atoms with Gasteiger partial charge in [0.1, 0.15) is 5.69 Å². The van der Waals surface area contributed by atoms with Gasteiger partial charge in [-0.3, -0.25) is 9.78 Å². The fourth-order valence-corrected chi connectivity index (χ4v) is 1.82. The number of nitrogens with two attached hydrogens (primary N) is 1. The summed E-state index contributed by atoms with van der Waals surface area (Å²) in [6.45, 7) is 0.430. The van der Waals surface area contributed by atoms with Crippen LogP contribution in [0.4, 0.5) is 5.00 Å². The lowest BCUT2D eigenvalue weighted by Crippen LogP contribution is -2.13. The molecule has 0 bridgehead atoms. The number of carbonyl (C=O) groups excluding carboxylic acids is 1. The molecule has 2 rings (SSSR count). The SMILES string of the molecule is NCc1ccc(C(=O)Nc2cccs2)nc1. The van der Waals surface area contributed by atoms with Crippen molar-refractivity contribution in [2.24, 2.45) is 5.73 Å². The Labute approximate surface area is 97.1 Å². The van der Waals surface area contributed by atoms with Crippen molar-refractivity contribution < 1.29 is 4.79 Å². The second kappa shape index (κ2) is 4.87. The van der Waals surface area contributed by atoms with Crippen molar-refractivity contribution in [3.05, 3.63) is 47.1 Å². The molecule has 16 heavy (non-hydrogen) atoms. The second-order valence-electron chi connectivity index (χ2n) is 3.19. The third kappa shape index (κ3) is 2.44. The highest BCUT2D eigenvalue weighted by molar-refractivity contribution is 7.14. The number of nitrogens with zero attached hydrogens (tertiary/aromatic N) is 1. The highest BCUT2D eigenvalue weighted by Gasteiger charge is 2.07. The molecule has 0 spiro atoms. The third-order valence-corrected chi connectivity index (χ3v) is 2.84. The standard InChI is InChI=1S/C11H11N3OS/c12-6-8-3-4-9(13-7-8)11(15)14-10-2-1-5-16-10/h1-5,7H,6,12H2,(H,14,15). The number of thiophene rings is 1. The maximum atomic E-state index is 11.7. The van der Waals surface area contributed by atoms with Crippen LogP contribution in [0.3, 0.4) is 0 Å². The van der Waals surface area contributed by atoms with E-state index >= 15 is 0 Å². The molecule has 4 nitrogen and oxygen atoms in total. The third-order valence-electron chi connectivity index (χ3n) is 2.05. The minimum Gasteiger partial charge on any atom is -0.326 e. The summed E-state index contributed by atoms with van der Waals surface area (Å²) in [5.41, 5.74) is 6.75. The topological polar surface area (TPSA) is 68.0 Å². The van der Waals surface area contributed by atoms with Gasteiger partial charge in [-0.2, -0.15) is 0 Å². The van der Waals surface area contributed by atoms with Crippen molar-refractivity contribution in [3.63, 3.8) is 0 Å². The van der Waals surface area contributed by atoms with E-state index in [1.54, 1.807) is 18.3 Å². The Morgan fingerprint density at radius 3 is 2.88 bits per heavy atom. The molecule has 0 unspecified atom stereocenters. The Morgan fingerprint density at radius 2 is 2.31 bits per heavy atom. The van der Waals surface area contributed by atoms with Crippen LogP contribution in [0.5, 0.6) is 0 Å². The molecule has 2 aromatic rings. The number of rotatable bonds is 3.